The number of carbonyl (C=O) groups is 1. The van der Waals surface area contributed by atoms with Crippen LogP contribution in [0.1, 0.15) is 22.3 Å². The number of hydrogen-bond acceptors (Lipinski definition) is 7. The fourth-order valence-corrected chi connectivity index (χ4v) is 2.73. The van der Waals surface area contributed by atoms with E-state index in [-0.39, 0.29) is 22.4 Å². The van der Waals surface area contributed by atoms with Crippen molar-refractivity contribution in [1.29, 1.82) is 5.26 Å². The van der Waals surface area contributed by atoms with Gasteiger partial charge in [0, 0.05) is 36.6 Å². The molecule has 8 nitrogen and oxygen atoms in total. The Morgan fingerprint density at radius 3 is 2.96 bits per heavy atom. The van der Waals surface area contributed by atoms with Gasteiger partial charge in [-0.2, -0.15) is 5.26 Å². The van der Waals surface area contributed by atoms with Crippen LogP contribution in [0.4, 0.5) is 0 Å². The summed E-state index contributed by atoms with van der Waals surface area (Å²) >= 11 is 0. The molecular formula is C18H17N5O3. The van der Waals surface area contributed by atoms with E-state index in [4.69, 9.17) is 4.74 Å². The minimum Gasteiger partial charge on any atom is -0.507 e. The summed E-state index contributed by atoms with van der Waals surface area (Å²) in [5, 5.41) is 25.5. The van der Waals surface area contributed by atoms with Crippen molar-refractivity contribution in [2.24, 2.45) is 4.99 Å². The lowest BCUT2D eigenvalue weighted by molar-refractivity contribution is 0.0973. The van der Waals surface area contributed by atoms with Gasteiger partial charge in [0.25, 0.3) is 5.91 Å². The summed E-state index contributed by atoms with van der Waals surface area (Å²) in [7, 11) is 1.48. The molecule has 0 fully saturated rings. The Bertz CT molecular complexity index is 918. The molecule has 0 aliphatic carbocycles. The zero-order valence-corrected chi connectivity index (χ0v) is 14.1. The normalized spacial score (nSPS) is 13.2. The van der Waals surface area contributed by atoms with Crippen molar-refractivity contribution < 1.29 is 14.6 Å². The van der Waals surface area contributed by atoms with E-state index >= 15 is 0 Å². The topological polar surface area (TPSA) is 120 Å². The molecule has 3 N–H and O–H groups in total. The Balaban J connectivity index is 2.14. The lowest BCUT2D eigenvalue weighted by Gasteiger charge is -2.18. The first-order valence-corrected chi connectivity index (χ1v) is 7.99. The number of nitriles is 1. The highest BCUT2D eigenvalue weighted by atomic mass is 16.5. The van der Waals surface area contributed by atoms with Crippen molar-refractivity contribution in [1.82, 2.24) is 15.6 Å². The van der Waals surface area contributed by atoms with Gasteiger partial charge in [-0.15, -0.1) is 0 Å². The number of carbonyl (C=O) groups excluding carboxylic acids is 1. The van der Waals surface area contributed by atoms with Crippen LogP contribution in [0.3, 0.4) is 0 Å². The van der Waals surface area contributed by atoms with Crippen LogP contribution in [0.2, 0.25) is 0 Å². The molecule has 0 spiro atoms. The molecule has 0 unspecified atom stereocenters. The number of hydrogen-bond donors (Lipinski definition) is 3. The summed E-state index contributed by atoms with van der Waals surface area (Å²) in [6, 6.07) is 6.44. The Labute approximate surface area is 150 Å². The Kier molecular flexibility index (Phi) is 4.99. The zero-order valence-electron chi connectivity index (χ0n) is 14.1. The third-order valence-corrected chi connectivity index (χ3v) is 3.93. The molecule has 0 saturated carbocycles. The van der Waals surface area contributed by atoms with Crippen LogP contribution in [0, 0.1) is 11.3 Å². The van der Waals surface area contributed by atoms with E-state index in [0.717, 1.165) is 6.42 Å². The minimum atomic E-state index is -0.575. The van der Waals surface area contributed by atoms with Gasteiger partial charge in [0.15, 0.2) is 5.96 Å². The molecule has 3 rings (SSSR count). The molecule has 1 amide bonds. The third kappa shape index (κ3) is 3.28. The standard InChI is InChI=1S/C18H17N5O3/c1-26-14-5-8-20-10-12(14)15-11(9-19)3-4-13(24)16(15)17(25)23-18-21-6-2-7-22-18/h3-5,8,10,24H,2,6-7H2,1H3,(H2,21,22,23,25). The fraction of sp³-hybridized carbons (Fsp3) is 0.222. The number of nitrogens with one attached hydrogen (secondary N) is 2. The van der Waals surface area contributed by atoms with E-state index in [1.54, 1.807) is 6.07 Å². The van der Waals surface area contributed by atoms with E-state index in [9.17, 15) is 15.2 Å². The number of rotatable bonds is 3. The second kappa shape index (κ2) is 7.53. The number of aromatic hydroxyl groups is 1. The number of phenols is 1. The van der Waals surface area contributed by atoms with E-state index in [0.29, 0.717) is 30.4 Å². The van der Waals surface area contributed by atoms with Crippen molar-refractivity contribution in [2.45, 2.75) is 6.42 Å². The quantitative estimate of drug-likeness (QED) is 0.769. The molecule has 2 aromatic rings. The third-order valence-electron chi connectivity index (χ3n) is 3.93. The van der Waals surface area contributed by atoms with Gasteiger partial charge in [-0.3, -0.25) is 20.1 Å². The number of nitrogens with zero attached hydrogens (tertiary/aromatic N) is 3. The molecule has 2 heterocycles. The van der Waals surface area contributed by atoms with Crippen LogP contribution in [-0.4, -0.2) is 42.2 Å². The SMILES string of the molecule is COc1ccncc1-c1c(C#N)ccc(O)c1C(=O)NC1=NCCCN1. The van der Waals surface area contributed by atoms with E-state index < -0.39 is 5.91 Å². The van der Waals surface area contributed by atoms with Crippen LogP contribution in [0.5, 0.6) is 11.5 Å². The van der Waals surface area contributed by atoms with E-state index in [1.807, 2.05) is 0 Å². The molecule has 1 aliphatic rings. The van der Waals surface area contributed by atoms with Crippen molar-refractivity contribution >= 4 is 11.9 Å². The Hall–Kier alpha value is -3.60. The second-order valence-electron chi connectivity index (χ2n) is 5.53. The number of phenolic OH excluding ortho intramolecular Hbond substituents is 1. The van der Waals surface area contributed by atoms with Crippen LogP contribution in [0.25, 0.3) is 11.1 Å². The van der Waals surface area contributed by atoms with Crippen LogP contribution >= 0.6 is 0 Å². The molecule has 1 aromatic heterocycles. The summed E-state index contributed by atoms with van der Waals surface area (Å²) < 4.78 is 5.32. The predicted molar refractivity (Wildman–Crippen MR) is 95.0 cm³/mol. The molecule has 0 saturated heterocycles. The van der Waals surface area contributed by atoms with Crippen molar-refractivity contribution in [3.63, 3.8) is 0 Å². The predicted octanol–water partition coefficient (Wildman–Crippen LogP) is 1.41. The molecular weight excluding hydrogens is 334 g/mol. The van der Waals surface area contributed by atoms with Gasteiger partial charge >= 0.3 is 0 Å². The number of amides is 1. The number of aliphatic imine (C=N–C) groups is 1. The number of pyridine rings is 1. The monoisotopic (exact) mass is 351 g/mol. The Morgan fingerprint density at radius 1 is 1.42 bits per heavy atom. The van der Waals surface area contributed by atoms with E-state index in [2.05, 4.69) is 26.7 Å². The number of ether oxygens (including phenoxy) is 1. The van der Waals surface area contributed by atoms with Crippen LogP contribution in [-0.2, 0) is 0 Å². The van der Waals surface area contributed by atoms with Gasteiger partial charge in [0.1, 0.15) is 11.5 Å². The first-order chi connectivity index (χ1) is 12.7. The lowest BCUT2D eigenvalue weighted by atomic mass is 9.94. The summed E-state index contributed by atoms with van der Waals surface area (Å²) in [5.74, 6) is -0.0520. The highest BCUT2D eigenvalue weighted by Gasteiger charge is 2.24. The highest BCUT2D eigenvalue weighted by molar-refractivity contribution is 6.11. The maximum absolute atomic E-state index is 12.8. The maximum Gasteiger partial charge on any atom is 0.262 e. The molecule has 8 heteroatoms. The number of aromatic nitrogens is 1. The van der Waals surface area contributed by atoms with Gasteiger partial charge in [0.05, 0.1) is 24.3 Å². The van der Waals surface area contributed by atoms with Crippen molar-refractivity contribution in [3.8, 4) is 28.7 Å². The van der Waals surface area contributed by atoms with Gasteiger partial charge in [-0.05, 0) is 24.6 Å². The average Bonchev–Trinajstić information content (AvgIpc) is 2.68. The summed E-state index contributed by atoms with van der Waals surface area (Å²) in [6.07, 6.45) is 3.91. The smallest absolute Gasteiger partial charge is 0.262 e. The van der Waals surface area contributed by atoms with Crippen molar-refractivity contribution in [3.05, 3.63) is 41.7 Å². The molecule has 26 heavy (non-hydrogen) atoms. The van der Waals surface area contributed by atoms with Crippen LogP contribution < -0.4 is 15.4 Å². The molecule has 0 atom stereocenters. The van der Waals surface area contributed by atoms with Gasteiger partial charge in [0.2, 0.25) is 0 Å². The Morgan fingerprint density at radius 2 is 2.27 bits per heavy atom. The van der Waals surface area contributed by atoms with Gasteiger partial charge < -0.3 is 15.2 Å². The lowest BCUT2D eigenvalue weighted by Crippen LogP contribution is -2.43. The van der Waals surface area contributed by atoms with Crippen LogP contribution in [0.15, 0.2) is 35.6 Å². The summed E-state index contributed by atoms with van der Waals surface area (Å²) in [4.78, 5) is 21.1. The van der Waals surface area contributed by atoms with Crippen molar-refractivity contribution in [2.75, 3.05) is 20.2 Å². The average molecular weight is 351 g/mol. The molecule has 0 bridgehead atoms. The molecule has 1 aromatic carbocycles. The zero-order chi connectivity index (χ0) is 18.5. The van der Waals surface area contributed by atoms with Gasteiger partial charge in [-0.1, -0.05) is 0 Å². The van der Waals surface area contributed by atoms with Gasteiger partial charge in [-0.25, -0.2) is 0 Å². The fourth-order valence-electron chi connectivity index (χ4n) is 2.73. The number of guanidine groups is 1. The number of methoxy groups -OCH3 is 1. The maximum atomic E-state index is 12.8. The highest BCUT2D eigenvalue weighted by Crippen LogP contribution is 2.37. The molecule has 132 valence electrons. The first kappa shape index (κ1) is 17.2. The number of benzene rings is 1. The first-order valence-electron chi connectivity index (χ1n) is 7.99. The minimum absolute atomic E-state index is 0.0366. The largest absolute Gasteiger partial charge is 0.507 e. The van der Waals surface area contributed by atoms with E-state index in [1.165, 1.54) is 31.6 Å². The summed E-state index contributed by atoms with van der Waals surface area (Å²) in [5.41, 5.74) is 0.876. The second-order valence-corrected chi connectivity index (χ2v) is 5.53. The molecule has 0 radical (unpaired) electrons. The molecule has 1 aliphatic heterocycles. The summed E-state index contributed by atoms with van der Waals surface area (Å²) in [6.45, 7) is 1.31.